The van der Waals surface area contributed by atoms with E-state index in [1.165, 1.54) is 12.3 Å². The van der Waals surface area contributed by atoms with Crippen LogP contribution in [0.5, 0.6) is 0 Å². The summed E-state index contributed by atoms with van der Waals surface area (Å²) in [6.45, 7) is 2.80. The van der Waals surface area contributed by atoms with Gasteiger partial charge in [-0.2, -0.15) is 0 Å². The molecule has 0 fully saturated rings. The van der Waals surface area contributed by atoms with Crippen LogP contribution in [0.25, 0.3) is 0 Å². The predicted octanol–water partition coefficient (Wildman–Crippen LogP) is 3.48. The van der Waals surface area contributed by atoms with E-state index in [4.69, 9.17) is 11.6 Å². The molecule has 1 heterocycles. The molecule has 0 saturated heterocycles. The van der Waals surface area contributed by atoms with Crippen LogP contribution >= 0.6 is 27.5 Å². The molecule has 0 radical (unpaired) electrons. The summed E-state index contributed by atoms with van der Waals surface area (Å²) in [4.78, 5) is 6.15. The molecule has 0 bridgehead atoms. The van der Waals surface area contributed by atoms with Gasteiger partial charge >= 0.3 is 0 Å². The standard InChI is InChI=1S/C10H13BrClFN2/c1-7(11)3-4-15(2)10-9(13)5-8(12)6-14-10/h5-7H,3-4H2,1-2H3. The summed E-state index contributed by atoms with van der Waals surface area (Å²) in [5.41, 5.74) is 0. The van der Waals surface area contributed by atoms with Crippen molar-refractivity contribution in [2.24, 2.45) is 0 Å². The van der Waals surface area contributed by atoms with E-state index in [1.807, 2.05) is 7.05 Å². The Bertz CT molecular complexity index is 333. The molecule has 0 aromatic carbocycles. The minimum Gasteiger partial charge on any atom is -0.357 e. The lowest BCUT2D eigenvalue weighted by Crippen LogP contribution is -2.22. The van der Waals surface area contributed by atoms with Gasteiger partial charge in [-0.3, -0.25) is 0 Å². The van der Waals surface area contributed by atoms with Gasteiger partial charge in [0.1, 0.15) is 0 Å². The van der Waals surface area contributed by atoms with E-state index in [0.29, 0.717) is 15.7 Å². The smallest absolute Gasteiger partial charge is 0.167 e. The first-order valence-corrected chi connectivity index (χ1v) is 5.96. The zero-order chi connectivity index (χ0) is 11.4. The zero-order valence-electron chi connectivity index (χ0n) is 8.67. The van der Waals surface area contributed by atoms with Crippen molar-refractivity contribution in [1.29, 1.82) is 0 Å². The van der Waals surface area contributed by atoms with E-state index in [2.05, 4.69) is 27.8 Å². The molecule has 1 atom stereocenters. The molecule has 0 aliphatic rings. The lowest BCUT2D eigenvalue weighted by atomic mass is 10.3. The van der Waals surface area contributed by atoms with Crippen molar-refractivity contribution < 1.29 is 4.39 Å². The third kappa shape index (κ3) is 3.95. The number of hydrogen-bond donors (Lipinski definition) is 0. The maximum Gasteiger partial charge on any atom is 0.167 e. The summed E-state index contributed by atoms with van der Waals surface area (Å²) >= 11 is 9.06. The number of pyridine rings is 1. The first-order valence-electron chi connectivity index (χ1n) is 4.67. The Kier molecular flexibility index (Phi) is 4.80. The number of rotatable bonds is 4. The van der Waals surface area contributed by atoms with Crippen molar-refractivity contribution in [1.82, 2.24) is 4.98 Å². The molecular weight excluding hydrogens is 282 g/mol. The van der Waals surface area contributed by atoms with E-state index >= 15 is 0 Å². The Balaban J connectivity index is 2.69. The molecule has 1 rings (SSSR count). The summed E-state index contributed by atoms with van der Waals surface area (Å²) in [5.74, 6) is -0.0419. The molecule has 1 unspecified atom stereocenters. The molecule has 5 heteroatoms. The second-order valence-corrected chi connectivity index (χ2v) is 5.45. The van der Waals surface area contributed by atoms with E-state index in [9.17, 15) is 4.39 Å². The molecule has 15 heavy (non-hydrogen) atoms. The summed E-state index contributed by atoms with van der Waals surface area (Å²) in [6.07, 6.45) is 2.38. The van der Waals surface area contributed by atoms with Crippen LogP contribution in [0.1, 0.15) is 13.3 Å². The van der Waals surface area contributed by atoms with Gasteiger partial charge in [0.15, 0.2) is 11.6 Å². The molecule has 0 aliphatic heterocycles. The largest absolute Gasteiger partial charge is 0.357 e. The molecular formula is C10H13BrClFN2. The molecule has 1 aromatic rings. The third-order valence-electron chi connectivity index (χ3n) is 2.01. The van der Waals surface area contributed by atoms with Crippen LogP contribution in [0.4, 0.5) is 10.2 Å². The van der Waals surface area contributed by atoms with Crippen molar-refractivity contribution in [3.8, 4) is 0 Å². The molecule has 2 nitrogen and oxygen atoms in total. The average Bonchev–Trinajstić information content (AvgIpc) is 2.14. The predicted molar refractivity (Wildman–Crippen MR) is 65.5 cm³/mol. The van der Waals surface area contributed by atoms with Gasteiger partial charge in [0.25, 0.3) is 0 Å². The van der Waals surface area contributed by atoms with Gasteiger partial charge in [-0.15, -0.1) is 0 Å². The number of alkyl halides is 1. The Morgan fingerprint density at radius 2 is 2.33 bits per heavy atom. The van der Waals surface area contributed by atoms with Crippen LogP contribution in [0.2, 0.25) is 5.02 Å². The monoisotopic (exact) mass is 294 g/mol. The van der Waals surface area contributed by atoms with E-state index in [0.717, 1.165) is 13.0 Å². The number of aromatic nitrogens is 1. The van der Waals surface area contributed by atoms with Gasteiger partial charge in [-0.05, 0) is 12.5 Å². The molecule has 84 valence electrons. The van der Waals surface area contributed by atoms with Gasteiger partial charge in [-0.25, -0.2) is 9.37 Å². The second-order valence-electron chi connectivity index (χ2n) is 3.45. The zero-order valence-corrected chi connectivity index (χ0v) is 11.0. The molecule has 0 amide bonds. The lowest BCUT2D eigenvalue weighted by molar-refractivity contribution is 0.612. The van der Waals surface area contributed by atoms with Gasteiger partial charge in [0.05, 0.1) is 5.02 Å². The molecule has 1 aromatic heterocycles. The fraction of sp³-hybridized carbons (Fsp3) is 0.500. The molecule has 0 aliphatic carbocycles. The molecule has 0 N–H and O–H groups in total. The number of nitrogens with zero attached hydrogens (tertiary/aromatic N) is 2. The van der Waals surface area contributed by atoms with Crippen LogP contribution < -0.4 is 4.90 Å². The van der Waals surface area contributed by atoms with E-state index in [-0.39, 0.29) is 5.82 Å². The lowest BCUT2D eigenvalue weighted by Gasteiger charge is -2.19. The van der Waals surface area contributed by atoms with Gasteiger partial charge in [0, 0.05) is 24.6 Å². The van der Waals surface area contributed by atoms with Crippen molar-refractivity contribution >= 4 is 33.3 Å². The topological polar surface area (TPSA) is 16.1 Å². The quantitative estimate of drug-likeness (QED) is 0.791. The van der Waals surface area contributed by atoms with Gasteiger partial charge in [-0.1, -0.05) is 34.5 Å². The fourth-order valence-corrected chi connectivity index (χ4v) is 1.52. The third-order valence-corrected chi connectivity index (χ3v) is 2.68. The minimum absolute atomic E-state index is 0.318. The van der Waals surface area contributed by atoms with E-state index < -0.39 is 0 Å². The van der Waals surface area contributed by atoms with Crippen molar-refractivity contribution in [3.63, 3.8) is 0 Å². The van der Waals surface area contributed by atoms with E-state index in [1.54, 1.807) is 4.90 Å². The van der Waals surface area contributed by atoms with Crippen LogP contribution in [0, 0.1) is 5.82 Å². The highest BCUT2D eigenvalue weighted by Crippen LogP contribution is 2.19. The highest BCUT2D eigenvalue weighted by atomic mass is 79.9. The summed E-state index contributed by atoms with van der Waals surface area (Å²) in [6, 6.07) is 1.28. The van der Waals surface area contributed by atoms with Gasteiger partial charge < -0.3 is 4.90 Å². The Morgan fingerprint density at radius 1 is 1.67 bits per heavy atom. The summed E-state index contributed by atoms with van der Waals surface area (Å²) in [5, 5.41) is 0.318. The van der Waals surface area contributed by atoms with Crippen LogP contribution in [0.3, 0.4) is 0 Å². The normalized spacial score (nSPS) is 12.6. The summed E-state index contributed by atoms with van der Waals surface area (Å²) < 4.78 is 13.4. The highest BCUT2D eigenvalue weighted by molar-refractivity contribution is 9.09. The Morgan fingerprint density at radius 3 is 2.87 bits per heavy atom. The average molecular weight is 296 g/mol. The first kappa shape index (κ1) is 12.7. The Labute approximate surface area is 103 Å². The number of anilines is 1. The SMILES string of the molecule is CC(Br)CCN(C)c1ncc(Cl)cc1F. The first-order chi connectivity index (χ1) is 7.00. The van der Waals surface area contributed by atoms with Gasteiger partial charge in [0.2, 0.25) is 0 Å². The molecule has 0 spiro atoms. The second kappa shape index (κ2) is 5.66. The maximum absolute atomic E-state index is 13.4. The number of hydrogen-bond acceptors (Lipinski definition) is 2. The van der Waals surface area contributed by atoms with Crippen LogP contribution in [0.15, 0.2) is 12.3 Å². The highest BCUT2D eigenvalue weighted by Gasteiger charge is 2.10. The fourth-order valence-electron chi connectivity index (χ4n) is 1.17. The van der Waals surface area contributed by atoms with Crippen LogP contribution in [-0.2, 0) is 0 Å². The molecule has 0 saturated carbocycles. The minimum atomic E-state index is -0.382. The van der Waals surface area contributed by atoms with Crippen molar-refractivity contribution in [2.75, 3.05) is 18.5 Å². The maximum atomic E-state index is 13.4. The Hall–Kier alpha value is -0.350. The van der Waals surface area contributed by atoms with Crippen LogP contribution in [-0.4, -0.2) is 23.4 Å². The summed E-state index contributed by atoms with van der Waals surface area (Å²) in [7, 11) is 1.81. The number of halogens is 3. The van der Waals surface area contributed by atoms with Crippen molar-refractivity contribution in [2.45, 2.75) is 18.2 Å². The van der Waals surface area contributed by atoms with Crippen molar-refractivity contribution in [3.05, 3.63) is 23.1 Å².